The topological polar surface area (TPSA) is 62.3 Å². The number of anilines is 2. The van der Waals surface area contributed by atoms with Gasteiger partial charge in [0.25, 0.3) is 0 Å². The predicted octanol–water partition coefficient (Wildman–Crippen LogP) is 2.13. The molecule has 1 saturated carbocycles. The number of nitrogens with one attached hydrogen (secondary N) is 2. The van der Waals surface area contributed by atoms with Gasteiger partial charge in [-0.25, -0.2) is 4.98 Å². The van der Waals surface area contributed by atoms with Gasteiger partial charge in [-0.3, -0.25) is 0 Å². The molecule has 2 fully saturated rings. The van der Waals surface area contributed by atoms with Crippen LogP contribution in [0.4, 0.5) is 11.8 Å². The maximum Gasteiger partial charge on any atom is 0.225 e. The van der Waals surface area contributed by atoms with Crippen molar-refractivity contribution in [3.63, 3.8) is 0 Å². The normalized spacial score (nSPS) is 23.2. The molecule has 0 aromatic carbocycles. The number of aromatic nitrogens is 2. The van der Waals surface area contributed by atoms with Crippen LogP contribution in [0.1, 0.15) is 49.8 Å². The SMILES string of the molecule is CN(CCC[C@H]1CCCO1)c1nc(NC2CC2)nc2c1CCNCC2. The molecule has 0 unspecified atom stereocenters. The third kappa shape index (κ3) is 4.42. The van der Waals surface area contributed by atoms with Crippen molar-refractivity contribution in [3.8, 4) is 0 Å². The molecule has 138 valence electrons. The van der Waals surface area contributed by atoms with Crippen LogP contribution >= 0.6 is 0 Å². The van der Waals surface area contributed by atoms with Crippen LogP contribution in [-0.2, 0) is 17.6 Å². The Morgan fingerprint density at radius 3 is 2.88 bits per heavy atom. The van der Waals surface area contributed by atoms with Crippen LogP contribution in [0.3, 0.4) is 0 Å². The third-order valence-electron chi connectivity index (χ3n) is 5.48. The molecule has 2 N–H and O–H groups in total. The molecular formula is C19H31N5O. The van der Waals surface area contributed by atoms with E-state index in [0.717, 1.165) is 63.7 Å². The highest BCUT2D eigenvalue weighted by Crippen LogP contribution is 2.28. The van der Waals surface area contributed by atoms with Crippen LogP contribution in [0.2, 0.25) is 0 Å². The van der Waals surface area contributed by atoms with Gasteiger partial charge in [-0.15, -0.1) is 0 Å². The Kier molecular flexibility index (Phi) is 5.36. The van der Waals surface area contributed by atoms with E-state index in [2.05, 4.69) is 22.6 Å². The maximum absolute atomic E-state index is 5.75. The quantitative estimate of drug-likeness (QED) is 0.789. The minimum atomic E-state index is 0.479. The average molecular weight is 345 g/mol. The van der Waals surface area contributed by atoms with Crippen molar-refractivity contribution in [1.82, 2.24) is 15.3 Å². The Morgan fingerprint density at radius 2 is 2.08 bits per heavy atom. The van der Waals surface area contributed by atoms with Crippen molar-refractivity contribution in [2.45, 2.75) is 63.5 Å². The van der Waals surface area contributed by atoms with Crippen LogP contribution in [0.5, 0.6) is 0 Å². The van der Waals surface area contributed by atoms with Gasteiger partial charge in [0.2, 0.25) is 5.95 Å². The number of fused-ring (bicyclic) bond motifs is 1. The summed E-state index contributed by atoms with van der Waals surface area (Å²) in [6.45, 7) is 4.00. The first-order chi connectivity index (χ1) is 12.3. The zero-order valence-corrected chi connectivity index (χ0v) is 15.4. The lowest BCUT2D eigenvalue weighted by Crippen LogP contribution is -2.24. The summed E-state index contributed by atoms with van der Waals surface area (Å²) in [5, 5.41) is 6.98. The number of nitrogens with zero attached hydrogens (tertiary/aromatic N) is 3. The summed E-state index contributed by atoms with van der Waals surface area (Å²) < 4.78 is 5.75. The second kappa shape index (κ2) is 7.87. The summed E-state index contributed by atoms with van der Waals surface area (Å²) in [6.07, 6.45) is 9.75. The van der Waals surface area contributed by atoms with E-state index in [9.17, 15) is 0 Å². The Bertz CT molecular complexity index is 583. The Balaban J connectivity index is 1.46. The Hall–Kier alpha value is -1.40. The molecule has 1 atom stereocenters. The summed E-state index contributed by atoms with van der Waals surface area (Å²) in [6, 6.07) is 0.583. The van der Waals surface area contributed by atoms with Crippen LogP contribution in [0.15, 0.2) is 0 Å². The average Bonchev–Trinajstić information content (AvgIpc) is 3.33. The van der Waals surface area contributed by atoms with E-state index in [1.807, 2.05) is 0 Å². The summed E-state index contributed by atoms with van der Waals surface area (Å²) in [4.78, 5) is 12.1. The van der Waals surface area contributed by atoms with Crippen LogP contribution in [0, 0.1) is 0 Å². The molecule has 3 aliphatic rings. The fourth-order valence-electron chi connectivity index (χ4n) is 3.85. The first-order valence-electron chi connectivity index (χ1n) is 9.99. The molecule has 1 saturated heterocycles. The van der Waals surface area contributed by atoms with E-state index in [1.165, 1.54) is 36.9 Å². The molecule has 1 aromatic heterocycles. The van der Waals surface area contributed by atoms with E-state index in [-0.39, 0.29) is 0 Å². The Morgan fingerprint density at radius 1 is 1.20 bits per heavy atom. The zero-order valence-electron chi connectivity index (χ0n) is 15.4. The summed E-state index contributed by atoms with van der Waals surface area (Å²) in [7, 11) is 2.18. The van der Waals surface area contributed by atoms with Crippen molar-refractivity contribution in [1.29, 1.82) is 0 Å². The molecule has 6 heteroatoms. The first kappa shape index (κ1) is 17.0. The highest BCUT2D eigenvalue weighted by molar-refractivity contribution is 5.53. The third-order valence-corrected chi connectivity index (χ3v) is 5.48. The molecule has 4 rings (SSSR count). The summed E-state index contributed by atoms with van der Waals surface area (Å²) in [5.74, 6) is 1.95. The largest absolute Gasteiger partial charge is 0.378 e. The van der Waals surface area contributed by atoms with E-state index >= 15 is 0 Å². The molecule has 1 aromatic rings. The monoisotopic (exact) mass is 345 g/mol. The van der Waals surface area contributed by atoms with Gasteiger partial charge >= 0.3 is 0 Å². The number of hydrogen-bond acceptors (Lipinski definition) is 6. The van der Waals surface area contributed by atoms with E-state index in [1.54, 1.807) is 0 Å². The van der Waals surface area contributed by atoms with Gasteiger partial charge in [0.1, 0.15) is 5.82 Å². The predicted molar refractivity (Wildman–Crippen MR) is 100 cm³/mol. The Labute approximate surface area is 150 Å². The molecule has 6 nitrogen and oxygen atoms in total. The minimum absolute atomic E-state index is 0.479. The molecular weight excluding hydrogens is 314 g/mol. The van der Waals surface area contributed by atoms with Crippen LogP contribution < -0.4 is 15.5 Å². The van der Waals surface area contributed by atoms with Crippen molar-refractivity contribution in [2.75, 3.05) is 43.5 Å². The van der Waals surface area contributed by atoms with Gasteiger partial charge in [0.05, 0.1) is 11.8 Å². The smallest absolute Gasteiger partial charge is 0.225 e. The highest BCUT2D eigenvalue weighted by atomic mass is 16.5. The first-order valence-corrected chi connectivity index (χ1v) is 9.99. The zero-order chi connectivity index (χ0) is 17.1. The van der Waals surface area contributed by atoms with Crippen LogP contribution in [-0.4, -0.2) is 55.4 Å². The summed E-state index contributed by atoms with van der Waals surface area (Å²) >= 11 is 0. The van der Waals surface area contributed by atoms with Gasteiger partial charge in [-0.2, -0.15) is 4.98 Å². The highest BCUT2D eigenvalue weighted by Gasteiger charge is 2.25. The number of ether oxygens (including phenoxy) is 1. The van der Waals surface area contributed by atoms with Crippen LogP contribution in [0.25, 0.3) is 0 Å². The van der Waals surface area contributed by atoms with E-state index in [0.29, 0.717) is 12.1 Å². The lowest BCUT2D eigenvalue weighted by molar-refractivity contribution is 0.103. The minimum Gasteiger partial charge on any atom is -0.378 e. The van der Waals surface area contributed by atoms with Gasteiger partial charge in [-0.05, 0) is 51.5 Å². The molecule has 0 spiro atoms. The van der Waals surface area contributed by atoms with Crippen molar-refractivity contribution in [2.24, 2.45) is 0 Å². The van der Waals surface area contributed by atoms with Crippen molar-refractivity contribution >= 4 is 11.8 Å². The molecule has 3 heterocycles. The van der Waals surface area contributed by atoms with E-state index in [4.69, 9.17) is 14.7 Å². The number of rotatable bonds is 7. The molecule has 0 amide bonds. The molecule has 1 aliphatic carbocycles. The fraction of sp³-hybridized carbons (Fsp3) is 0.789. The lowest BCUT2D eigenvalue weighted by atomic mass is 10.1. The maximum atomic E-state index is 5.75. The molecule has 0 bridgehead atoms. The van der Waals surface area contributed by atoms with Crippen molar-refractivity contribution < 1.29 is 4.74 Å². The fourth-order valence-corrected chi connectivity index (χ4v) is 3.85. The van der Waals surface area contributed by atoms with Gasteiger partial charge in [0.15, 0.2) is 0 Å². The second-order valence-corrected chi connectivity index (χ2v) is 7.66. The standard InChI is InChI=1S/C19H31N5O/c1-24(12-2-4-15-5-3-13-25-15)18-16-8-10-20-11-9-17(16)22-19(23-18)21-14-6-7-14/h14-15,20H,2-13H2,1H3,(H,21,22,23)/t15-/m0/s1. The summed E-state index contributed by atoms with van der Waals surface area (Å²) in [5.41, 5.74) is 2.56. The van der Waals surface area contributed by atoms with Gasteiger partial charge < -0.3 is 20.3 Å². The van der Waals surface area contributed by atoms with Crippen molar-refractivity contribution in [3.05, 3.63) is 11.3 Å². The van der Waals surface area contributed by atoms with E-state index < -0.39 is 0 Å². The molecule has 25 heavy (non-hydrogen) atoms. The lowest BCUT2D eigenvalue weighted by Gasteiger charge is -2.23. The molecule has 0 radical (unpaired) electrons. The second-order valence-electron chi connectivity index (χ2n) is 7.66. The van der Waals surface area contributed by atoms with Gasteiger partial charge in [0, 0.05) is 44.8 Å². The number of hydrogen-bond donors (Lipinski definition) is 2. The van der Waals surface area contributed by atoms with Gasteiger partial charge in [-0.1, -0.05) is 0 Å². The molecule has 2 aliphatic heterocycles.